The predicted octanol–water partition coefficient (Wildman–Crippen LogP) is 3.81. The Bertz CT molecular complexity index is 872. The second-order valence-corrected chi connectivity index (χ2v) is 5.29. The molecule has 0 aliphatic rings. The molecule has 0 aliphatic carbocycles. The summed E-state index contributed by atoms with van der Waals surface area (Å²) < 4.78 is 51.4. The van der Waals surface area contributed by atoms with Gasteiger partial charge in [-0.05, 0) is 29.8 Å². The van der Waals surface area contributed by atoms with Gasteiger partial charge in [-0.2, -0.15) is 13.2 Å². The fraction of sp³-hybridized carbons (Fsp3) is 0.176. The standard InChI is InChI=1S/C17H13F3N2O4/c18-17(19,20)10-25-12-4-1-3-11(7-12)9-21-16(23)13-8-15(26-22-13)14-5-2-6-24-14/h1-8H,9-10H2,(H,21,23). The minimum Gasteiger partial charge on any atom is -0.484 e. The highest BCUT2D eigenvalue weighted by Crippen LogP contribution is 2.21. The average Bonchev–Trinajstić information content (AvgIpc) is 3.28. The average molecular weight is 366 g/mol. The van der Waals surface area contributed by atoms with E-state index in [2.05, 4.69) is 15.2 Å². The Kier molecular flexibility index (Phi) is 4.97. The molecule has 0 spiro atoms. The van der Waals surface area contributed by atoms with Gasteiger partial charge in [-0.1, -0.05) is 17.3 Å². The molecular weight excluding hydrogens is 353 g/mol. The van der Waals surface area contributed by atoms with Crippen molar-refractivity contribution in [1.82, 2.24) is 10.5 Å². The van der Waals surface area contributed by atoms with E-state index < -0.39 is 18.7 Å². The minimum absolute atomic E-state index is 0.0564. The fourth-order valence-corrected chi connectivity index (χ4v) is 2.10. The first-order valence-corrected chi connectivity index (χ1v) is 7.48. The third-order valence-corrected chi connectivity index (χ3v) is 3.26. The molecule has 2 heterocycles. The van der Waals surface area contributed by atoms with Crippen molar-refractivity contribution < 1.29 is 31.6 Å². The number of aromatic nitrogens is 1. The van der Waals surface area contributed by atoms with Gasteiger partial charge >= 0.3 is 6.18 Å². The van der Waals surface area contributed by atoms with Crippen molar-refractivity contribution in [2.24, 2.45) is 0 Å². The Balaban J connectivity index is 1.58. The van der Waals surface area contributed by atoms with E-state index in [0.29, 0.717) is 17.1 Å². The Hall–Kier alpha value is -3.23. The van der Waals surface area contributed by atoms with E-state index in [-0.39, 0.29) is 18.0 Å². The van der Waals surface area contributed by atoms with Gasteiger partial charge in [0.25, 0.3) is 5.91 Å². The lowest BCUT2D eigenvalue weighted by Crippen LogP contribution is -2.23. The van der Waals surface area contributed by atoms with Crippen LogP contribution in [0.25, 0.3) is 11.5 Å². The number of hydrogen-bond acceptors (Lipinski definition) is 5. The first kappa shape index (κ1) is 17.6. The number of hydrogen-bond donors (Lipinski definition) is 1. The van der Waals surface area contributed by atoms with Crippen LogP contribution in [0.4, 0.5) is 13.2 Å². The number of ether oxygens (including phenoxy) is 1. The van der Waals surface area contributed by atoms with Crippen LogP contribution in [0.5, 0.6) is 5.75 Å². The molecule has 9 heteroatoms. The molecule has 0 atom stereocenters. The molecule has 0 saturated carbocycles. The van der Waals surface area contributed by atoms with Gasteiger partial charge in [0.05, 0.1) is 6.26 Å². The summed E-state index contributed by atoms with van der Waals surface area (Å²) in [5.74, 6) is 0.317. The molecule has 0 bridgehead atoms. The van der Waals surface area contributed by atoms with Crippen LogP contribution in [-0.2, 0) is 6.54 Å². The highest BCUT2D eigenvalue weighted by molar-refractivity contribution is 5.92. The van der Waals surface area contributed by atoms with Crippen LogP contribution in [0.15, 0.2) is 57.7 Å². The van der Waals surface area contributed by atoms with Crippen molar-refractivity contribution in [1.29, 1.82) is 0 Å². The lowest BCUT2D eigenvalue weighted by atomic mass is 10.2. The number of rotatable bonds is 6. The molecule has 0 fully saturated rings. The first-order valence-electron chi connectivity index (χ1n) is 7.48. The lowest BCUT2D eigenvalue weighted by Gasteiger charge is -2.10. The van der Waals surface area contributed by atoms with Crippen LogP contribution < -0.4 is 10.1 Å². The van der Waals surface area contributed by atoms with Crippen LogP contribution in [0, 0.1) is 0 Å². The first-order chi connectivity index (χ1) is 12.4. The summed E-state index contributed by atoms with van der Waals surface area (Å²) in [6.07, 6.45) is -2.95. The van der Waals surface area contributed by atoms with Crippen molar-refractivity contribution in [3.05, 3.63) is 60.0 Å². The van der Waals surface area contributed by atoms with E-state index in [1.165, 1.54) is 30.5 Å². The van der Waals surface area contributed by atoms with Crippen LogP contribution in [0.1, 0.15) is 16.1 Å². The number of carbonyl (C=O) groups is 1. The third kappa shape index (κ3) is 4.65. The number of furan rings is 1. The molecule has 6 nitrogen and oxygen atoms in total. The zero-order valence-electron chi connectivity index (χ0n) is 13.2. The Labute approximate surface area is 145 Å². The zero-order valence-corrected chi connectivity index (χ0v) is 13.2. The summed E-state index contributed by atoms with van der Waals surface area (Å²) in [6, 6.07) is 10.8. The lowest BCUT2D eigenvalue weighted by molar-refractivity contribution is -0.153. The summed E-state index contributed by atoms with van der Waals surface area (Å²) in [7, 11) is 0. The minimum atomic E-state index is -4.41. The van der Waals surface area contributed by atoms with Gasteiger partial charge in [0, 0.05) is 12.6 Å². The molecule has 0 unspecified atom stereocenters. The fourth-order valence-electron chi connectivity index (χ4n) is 2.10. The number of amides is 1. The van der Waals surface area contributed by atoms with Crippen LogP contribution in [0.3, 0.4) is 0 Å². The molecule has 0 aliphatic heterocycles. The van der Waals surface area contributed by atoms with Crippen molar-refractivity contribution in [2.75, 3.05) is 6.61 Å². The molecule has 26 heavy (non-hydrogen) atoms. The van der Waals surface area contributed by atoms with Crippen LogP contribution >= 0.6 is 0 Å². The smallest absolute Gasteiger partial charge is 0.422 e. The number of benzene rings is 1. The van der Waals surface area contributed by atoms with E-state index >= 15 is 0 Å². The zero-order chi connectivity index (χ0) is 18.6. The Morgan fingerprint density at radius 3 is 2.73 bits per heavy atom. The monoisotopic (exact) mass is 366 g/mol. The molecular formula is C17H13F3N2O4. The molecule has 1 aromatic carbocycles. The van der Waals surface area contributed by atoms with Gasteiger partial charge < -0.3 is 19.0 Å². The predicted molar refractivity (Wildman–Crippen MR) is 83.4 cm³/mol. The van der Waals surface area contributed by atoms with Crippen molar-refractivity contribution in [3.8, 4) is 17.3 Å². The van der Waals surface area contributed by atoms with Crippen molar-refractivity contribution in [3.63, 3.8) is 0 Å². The van der Waals surface area contributed by atoms with Crippen LogP contribution in [-0.4, -0.2) is 23.8 Å². The van der Waals surface area contributed by atoms with Gasteiger partial charge in [-0.15, -0.1) is 0 Å². The van der Waals surface area contributed by atoms with E-state index in [1.807, 2.05) is 0 Å². The van der Waals surface area contributed by atoms with Gasteiger partial charge in [-0.3, -0.25) is 4.79 Å². The Morgan fingerprint density at radius 1 is 1.15 bits per heavy atom. The second-order valence-electron chi connectivity index (χ2n) is 5.29. The summed E-state index contributed by atoms with van der Waals surface area (Å²) in [5.41, 5.74) is 0.633. The van der Waals surface area contributed by atoms with Gasteiger partial charge in [0.1, 0.15) is 5.75 Å². The molecule has 2 aromatic heterocycles. The maximum absolute atomic E-state index is 12.2. The highest BCUT2D eigenvalue weighted by Gasteiger charge is 2.28. The maximum atomic E-state index is 12.2. The summed E-state index contributed by atoms with van der Waals surface area (Å²) >= 11 is 0. The summed E-state index contributed by atoms with van der Waals surface area (Å²) in [5, 5.41) is 6.27. The SMILES string of the molecule is O=C(NCc1cccc(OCC(F)(F)F)c1)c1cc(-c2ccco2)on1. The normalized spacial score (nSPS) is 11.3. The second kappa shape index (κ2) is 7.34. The number of carbonyl (C=O) groups excluding carboxylic acids is 1. The molecule has 3 rings (SSSR count). The summed E-state index contributed by atoms with van der Waals surface area (Å²) in [6.45, 7) is -1.29. The number of halogens is 3. The van der Waals surface area contributed by atoms with E-state index in [1.54, 1.807) is 18.2 Å². The van der Waals surface area contributed by atoms with Crippen molar-refractivity contribution >= 4 is 5.91 Å². The third-order valence-electron chi connectivity index (χ3n) is 3.26. The van der Waals surface area contributed by atoms with Gasteiger partial charge in [-0.25, -0.2) is 0 Å². The molecule has 0 saturated heterocycles. The summed E-state index contributed by atoms with van der Waals surface area (Å²) in [4.78, 5) is 12.1. The number of alkyl halides is 3. The molecule has 136 valence electrons. The maximum Gasteiger partial charge on any atom is 0.422 e. The van der Waals surface area contributed by atoms with Crippen molar-refractivity contribution in [2.45, 2.75) is 12.7 Å². The van der Waals surface area contributed by atoms with Crippen LogP contribution in [0.2, 0.25) is 0 Å². The highest BCUT2D eigenvalue weighted by atomic mass is 19.4. The molecule has 0 radical (unpaired) electrons. The molecule has 1 amide bonds. The van der Waals surface area contributed by atoms with Gasteiger partial charge in [0.2, 0.25) is 5.76 Å². The topological polar surface area (TPSA) is 77.5 Å². The molecule has 1 N–H and O–H groups in total. The van der Waals surface area contributed by atoms with Gasteiger partial charge in [0.15, 0.2) is 18.1 Å². The Morgan fingerprint density at radius 2 is 2.00 bits per heavy atom. The van der Waals surface area contributed by atoms with E-state index in [0.717, 1.165) is 0 Å². The number of nitrogens with zero attached hydrogens (tertiary/aromatic N) is 1. The quantitative estimate of drug-likeness (QED) is 0.718. The molecule has 3 aromatic rings. The van der Waals surface area contributed by atoms with E-state index in [9.17, 15) is 18.0 Å². The largest absolute Gasteiger partial charge is 0.484 e. The van der Waals surface area contributed by atoms with E-state index in [4.69, 9.17) is 8.94 Å². The number of nitrogens with one attached hydrogen (secondary N) is 1.